The Morgan fingerprint density at radius 3 is 1.17 bits per heavy atom. The Morgan fingerprint density at radius 1 is 0.486 bits per heavy atom. The molecule has 0 heterocycles. The number of phosphoric ester groups is 1. The number of quaternary nitrogens is 1. The van der Waals surface area contributed by atoms with Gasteiger partial charge in [-0.15, -0.1) is 0 Å². The van der Waals surface area contributed by atoms with E-state index in [2.05, 4.69) is 43.5 Å². The van der Waals surface area contributed by atoms with E-state index >= 15 is 0 Å². The van der Waals surface area contributed by atoms with Crippen molar-refractivity contribution in [3.63, 3.8) is 0 Å². The number of aliphatic hydroxyl groups is 1. The van der Waals surface area contributed by atoms with E-state index in [1.54, 1.807) is 0 Å². The van der Waals surface area contributed by atoms with Crippen LogP contribution in [0, 0.1) is 0 Å². The van der Waals surface area contributed by atoms with Gasteiger partial charge in [0, 0.05) is 6.42 Å². The standard InChI is InChI=1S/C63H125N2O6P/c1-6-8-10-12-14-16-18-20-22-24-26-27-28-29-30-31-32-33-34-35-36-37-38-39-40-42-44-46-48-50-52-54-56-62(66)61(60-71-72(68,69)70-59-58-65(3,4)5)64-63(67)57-55-53-51-49-47-45-43-41-25-23-21-19-17-15-13-11-9-7-2/h17,19,23,25,61-62,66H,6-16,18,20-22,24,26-60H2,1-5H3,(H-,64,67,68,69)/b19-17-,25-23-. The zero-order valence-corrected chi connectivity index (χ0v) is 49.8. The van der Waals surface area contributed by atoms with Gasteiger partial charge in [-0.2, -0.15) is 0 Å². The van der Waals surface area contributed by atoms with E-state index in [0.29, 0.717) is 23.9 Å². The summed E-state index contributed by atoms with van der Waals surface area (Å²) in [6, 6.07) is -0.805. The maximum absolute atomic E-state index is 13.0. The molecule has 0 fully saturated rings. The van der Waals surface area contributed by atoms with Crippen molar-refractivity contribution in [1.82, 2.24) is 5.32 Å². The Bertz CT molecular complexity index is 1220. The fraction of sp³-hybridized carbons (Fsp3) is 0.921. The number of carbonyl (C=O) groups excluding carboxylic acids is 1. The normalized spacial score (nSPS) is 13.9. The van der Waals surface area contributed by atoms with E-state index in [0.717, 1.165) is 51.4 Å². The Kier molecular flexibility index (Phi) is 54.0. The summed E-state index contributed by atoms with van der Waals surface area (Å²) in [4.78, 5) is 25.6. The van der Waals surface area contributed by atoms with Gasteiger partial charge in [0.15, 0.2) is 0 Å². The third-order valence-electron chi connectivity index (χ3n) is 14.7. The van der Waals surface area contributed by atoms with E-state index in [4.69, 9.17) is 9.05 Å². The molecule has 8 nitrogen and oxygen atoms in total. The van der Waals surface area contributed by atoms with Gasteiger partial charge < -0.3 is 28.8 Å². The van der Waals surface area contributed by atoms with Crippen LogP contribution in [0.25, 0.3) is 0 Å². The summed E-state index contributed by atoms with van der Waals surface area (Å²) < 4.78 is 23.5. The minimum atomic E-state index is -4.58. The molecule has 0 aliphatic rings. The molecule has 3 unspecified atom stereocenters. The number of nitrogens with one attached hydrogen (secondary N) is 1. The lowest BCUT2D eigenvalue weighted by Gasteiger charge is -2.30. The first kappa shape index (κ1) is 71.0. The molecular formula is C63H125N2O6P. The van der Waals surface area contributed by atoms with Crippen molar-refractivity contribution in [3.05, 3.63) is 24.3 Å². The second-order valence-corrected chi connectivity index (χ2v) is 24.5. The molecule has 9 heteroatoms. The van der Waals surface area contributed by atoms with E-state index < -0.39 is 20.0 Å². The number of phosphoric acid groups is 1. The summed E-state index contributed by atoms with van der Waals surface area (Å²) in [7, 11) is 1.31. The second-order valence-electron chi connectivity index (χ2n) is 23.1. The molecule has 0 aromatic carbocycles. The number of aliphatic hydroxyl groups excluding tert-OH is 1. The molecule has 0 rings (SSSR count). The van der Waals surface area contributed by atoms with Crippen LogP contribution in [0.15, 0.2) is 24.3 Å². The second kappa shape index (κ2) is 54.8. The molecule has 2 N–H and O–H groups in total. The summed E-state index contributed by atoms with van der Waals surface area (Å²) in [5, 5.41) is 14.0. The summed E-state index contributed by atoms with van der Waals surface area (Å²) in [5.74, 6) is -0.168. The number of unbranched alkanes of at least 4 members (excludes halogenated alkanes) is 42. The molecule has 0 spiro atoms. The third kappa shape index (κ3) is 56.7. The summed E-state index contributed by atoms with van der Waals surface area (Å²) in [6.07, 6.45) is 69.5. The van der Waals surface area contributed by atoms with Crippen molar-refractivity contribution in [2.45, 2.75) is 334 Å². The first-order valence-electron chi connectivity index (χ1n) is 31.7. The predicted molar refractivity (Wildman–Crippen MR) is 312 cm³/mol. The zero-order valence-electron chi connectivity index (χ0n) is 48.9. The van der Waals surface area contributed by atoms with Crippen LogP contribution in [0.1, 0.15) is 322 Å². The Labute approximate surface area is 449 Å². The van der Waals surface area contributed by atoms with Gasteiger partial charge in [0.1, 0.15) is 13.2 Å². The molecule has 428 valence electrons. The van der Waals surface area contributed by atoms with E-state index in [9.17, 15) is 19.4 Å². The van der Waals surface area contributed by atoms with Crippen LogP contribution in [0.3, 0.4) is 0 Å². The van der Waals surface area contributed by atoms with Crippen molar-refractivity contribution in [2.24, 2.45) is 0 Å². The van der Waals surface area contributed by atoms with E-state index in [1.165, 1.54) is 244 Å². The van der Waals surface area contributed by atoms with Crippen LogP contribution in [-0.2, 0) is 18.4 Å². The van der Waals surface area contributed by atoms with E-state index in [1.807, 2.05) is 21.1 Å². The molecule has 1 amide bonds. The third-order valence-corrected chi connectivity index (χ3v) is 15.7. The zero-order chi connectivity index (χ0) is 52.7. The molecule has 0 aromatic heterocycles. The number of nitrogens with zero attached hydrogens (tertiary/aromatic N) is 1. The molecule has 0 saturated heterocycles. The number of rotatable bonds is 59. The lowest BCUT2D eigenvalue weighted by Crippen LogP contribution is -2.46. The molecule has 0 aliphatic heterocycles. The van der Waals surface area contributed by atoms with Crippen LogP contribution in [0.2, 0.25) is 0 Å². The molecule has 72 heavy (non-hydrogen) atoms. The van der Waals surface area contributed by atoms with Gasteiger partial charge in [-0.3, -0.25) is 9.36 Å². The minimum Gasteiger partial charge on any atom is -0.756 e. The number of likely N-dealkylation sites (N-methyl/N-ethyl adjacent to an activating group) is 1. The summed E-state index contributed by atoms with van der Waals surface area (Å²) >= 11 is 0. The van der Waals surface area contributed by atoms with Gasteiger partial charge in [-0.1, -0.05) is 295 Å². The van der Waals surface area contributed by atoms with Gasteiger partial charge in [0.25, 0.3) is 7.82 Å². The first-order valence-corrected chi connectivity index (χ1v) is 33.1. The van der Waals surface area contributed by atoms with Crippen molar-refractivity contribution < 1.29 is 32.9 Å². The number of hydrogen-bond acceptors (Lipinski definition) is 6. The predicted octanol–water partition coefficient (Wildman–Crippen LogP) is 18.9. The summed E-state index contributed by atoms with van der Waals surface area (Å²) in [6.45, 7) is 4.74. The molecule has 3 atom stereocenters. The highest BCUT2D eigenvalue weighted by molar-refractivity contribution is 7.45. The van der Waals surface area contributed by atoms with Gasteiger partial charge >= 0.3 is 0 Å². The highest BCUT2D eigenvalue weighted by Gasteiger charge is 2.24. The SMILES string of the molecule is CCCCCC/C=C\C/C=C\CCCCCCCCCC(=O)NC(COP(=O)([O-])OCC[N+](C)(C)C)C(O)CCCCCCCCCCCCCCCCCCCCCCCCCCCCCCCCCC. The number of carbonyl (C=O) groups is 1. The van der Waals surface area contributed by atoms with Gasteiger partial charge in [-0.05, 0) is 44.9 Å². The Morgan fingerprint density at radius 2 is 0.806 bits per heavy atom. The Balaban J connectivity index is 4.02. The lowest BCUT2D eigenvalue weighted by atomic mass is 10.0. The molecular weight excluding hydrogens is 912 g/mol. The molecule has 0 saturated carbocycles. The van der Waals surface area contributed by atoms with Crippen LogP contribution in [0.4, 0.5) is 0 Å². The average molecular weight is 1040 g/mol. The van der Waals surface area contributed by atoms with Crippen LogP contribution >= 0.6 is 7.82 Å². The topological polar surface area (TPSA) is 108 Å². The first-order chi connectivity index (χ1) is 35.0. The van der Waals surface area contributed by atoms with Gasteiger partial charge in [0.05, 0.1) is 39.9 Å². The van der Waals surface area contributed by atoms with Crippen LogP contribution in [0.5, 0.6) is 0 Å². The molecule has 0 aliphatic carbocycles. The van der Waals surface area contributed by atoms with Crippen molar-refractivity contribution in [2.75, 3.05) is 40.9 Å². The fourth-order valence-electron chi connectivity index (χ4n) is 9.72. The number of amides is 1. The van der Waals surface area contributed by atoms with Crippen molar-refractivity contribution in [3.8, 4) is 0 Å². The quantitative estimate of drug-likeness (QED) is 0.0272. The Hall–Kier alpha value is -1.02. The number of allylic oxidation sites excluding steroid dienone is 4. The number of hydrogen-bond donors (Lipinski definition) is 2. The molecule has 0 radical (unpaired) electrons. The van der Waals surface area contributed by atoms with Crippen LogP contribution in [-0.4, -0.2) is 68.5 Å². The highest BCUT2D eigenvalue weighted by Crippen LogP contribution is 2.38. The monoisotopic (exact) mass is 1040 g/mol. The molecule has 0 bridgehead atoms. The van der Waals surface area contributed by atoms with Crippen molar-refractivity contribution in [1.29, 1.82) is 0 Å². The van der Waals surface area contributed by atoms with Crippen molar-refractivity contribution >= 4 is 13.7 Å². The van der Waals surface area contributed by atoms with Gasteiger partial charge in [-0.25, -0.2) is 0 Å². The van der Waals surface area contributed by atoms with Gasteiger partial charge in [0.2, 0.25) is 5.91 Å². The highest BCUT2D eigenvalue weighted by atomic mass is 31.2. The smallest absolute Gasteiger partial charge is 0.268 e. The lowest BCUT2D eigenvalue weighted by molar-refractivity contribution is -0.870. The molecule has 0 aromatic rings. The van der Waals surface area contributed by atoms with Crippen LogP contribution < -0.4 is 10.2 Å². The maximum Gasteiger partial charge on any atom is 0.268 e. The van der Waals surface area contributed by atoms with E-state index in [-0.39, 0.29) is 19.1 Å². The maximum atomic E-state index is 13.0. The largest absolute Gasteiger partial charge is 0.756 e. The summed E-state index contributed by atoms with van der Waals surface area (Å²) in [5.41, 5.74) is 0. The average Bonchev–Trinajstić information content (AvgIpc) is 3.34. The minimum absolute atomic E-state index is 0.0117. The fourth-order valence-corrected chi connectivity index (χ4v) is 10.4.